The number of aromatic nitrogens is 3. The molecule has 0 unspecified atom stereocenters. The molecule has 9 heteroatoms. The predicted octanol–water partition coefficient (Wildman–Crippen LogP) is 1.53. The number of ether oxygens (including phenoxy) is 2. The summed E-state index contributed by atoms with van der Waals surface area (Å²) in [6.07, 6.45) is 0.0689. The van der Waals surface area contributed by atoms with Crippen LogP contribution in [0.1, 0.15) is 36.6 Å². The topological polar surface area (TPSA) is 98.2 Å². The largest absolute Gasteiger partial charge is 0.379 e. The van der Waals surface area contributed by atoms with Crippen molar-refractivity contribution in [2.24, 2.45) is 0 Å². The Bertz CT molecular complexity index is 895. The molecule has 3 rings (SSSR count). The van der Waals surface area contributed by atoms with Gasteiger partial charge in [-0.25, -0.2) is 18.5 Å². The van der Waals surface area contributed by atoms with Gasteiger partial charge in [0.15, 0.2) is 0 Å². The second kappa shape index (κ2) is 8.01. The minimum atomic E-state index is -0.688. The van der Waals surface area contributed by atoms with Gasteiger partial charge in [0.05, 0.1) is 18.7 Å². The highest BCUT2D eigenvalue weighted by Crippen LogP contribution is 2.22. The molecule has 1 aliphatic heterocycles. The first kappa shape index (κ1) is 19.2. The summed E-state index contributed by atoms with van der Waals surface area (Å²) in [5.74, 6) is -0.378. The Kier molecular flexibility index (Phi) is 5.71. The molecule has 1 aliphatic rings. The van der Waals surface area contributed by atoms with Gasteiger partial charge >= 0.3 is 11.4 Å². The number of benzene rings is 1. The zero-order chi connectivity index (χ0) is 19.6. The number of methoxy groups -OCH3 is 1. The molecule has 0 bridgehead atoms. The monoisotopic (exact) mass is 378 g/mol. The van der Waals surface area contributed by atoms with Crippen LogP contribution in [0.4, 0.5) is 10.3 Å². The Hall–Kier alpha value is -2.52. The van der Waals surface area contributed by atoms with E-state index in [4.69, 9.17) is 9.47 Å². The quantitative estimate of drug-likeness (QED) is 0.819. The van der Waals surface area contributed by atoms with Crippen molar-refractivity contribution >= 4 is 5.95 Å². The molecular formula is C18H23FN4O4. The third-order valence-corrected chi connectivity index (χ3v) is 4.73. The summed E-state index contributed by atoms with van der Waals surface area (Å²) in [4.78, 5) is 31.5. The van der Waals surface area contributed by atoms with Crippen LogP contribution in [0.5, 0.6) is 0 Å². The molecule has 0 saturated carbocycles. The molecule has 146 valence electrons. The fraction of sp³-hybridized carbons (Fsp3) is 0.500. The lowest BCUT2D eigenvalue weighted by Gasteiger charge is -2.30. The first-order chi connectivity index (χ1) is 12.9. The van der Waals surface area contributed by atoms with Crippen LogP contribution in [0.25, 0.3) is 0 Å². The van der Waals surface area contributed by atoms with Crippen molar-refractivity contribution in [2.45, 2.75) is 38.5 Å². The van der Waals surface area contributed by atoms with E-state index >= 15 is 0 Å². The number of halogens is 1. The van der Waals surface area contributed by atoms with Crippen LogP contribution in [0.15, 0.2) is 27.8 Å². The minimum Gasteiger partial charge on any atom is -0.379 e. The Labute approximate surface area is 155 Å². The molecule has 2 aromatic rings. The number of nitrogens with one attached hydrogen (secondary N) is 2. The van der Waals surface area contributed by atoms with Gasteiger partial charge in [-0.15, -0.1) is 0 Å². The maximum Gasteiger partial charge on any atom is 0.355 e. The summed E-state index contributed by atoms with van der Waals surface area (Å²) in [7, 11) is 1.51. The average Bonchev–Trinajstić information content (AvgIpc) is 2.63. The molecule has 0 radical (unpaired) electrons. The molecule has 1 saturated heterocycles. The van der Waals surface area contributed by atoms with Crippen LogP contribution in [0.2, 0.25) is 0 Å². The molecule has 3 atom stereocenters. The Morgan fingerprint density at radius 1 is 1.44 bits per heavy atom. The molecule has 2 N–H and O–H groups in total. The third-order valence-electron chi connectivity index (χ3n) is 4.73. The first-order valence-corrected chi connectivity index (χ1v) is 8.76. The van der Waals surface area contributed by atoms with Crippen molar-refractivity contribution in [3.05, 3.63) is 56.1 Å². The van der Waals surface area contributed by atoms with Crippen molar-refractivity contribution in [2.75, 3.05) is 25.6 Å². The highest BCUT2D eigenvalue weighted by molar-refractivity contribution is 5.33. The Morgan fingerprint density at radius 2 is 2.22 bits per heavy atom. The van der Waals surface area contributed by atoms with Crippen molar-refractivity contribution in [1.82, 2.24) is 14.5 Å². The van der Waals surface area contributed by atoms with Gasteiger partial charge in [0.1, 0.15) is 11.9 Å². The first-order valence-electron chi connectivity index (χ1n) is 8.76. The summed E-state index contributed by atoms with van der Waals surface area (Å²) >= 11 is 0. The third kappa shape index (κ3) is 4.09. The van der Waals surface area contributed by atoms with E-state index in [1.165, 1.54) is 13.2 Å². The zero-order valence-electron chi connectivity index (χ0n) is 15.5. The molecule has 0 aliphatic carbocycles. The SMILES string of the molecule is CO[C@H]1COCC[C@@H]1n1c(=O)nc(N[C@@H](C)c2cc(C)ccc2F)[nH]c1=O. The van der Waals surface area contributed by atoms with Gasteiger partial charge in [0, 0.05) is 19.3 Å². The van der Waals surface area contributed by atoms with Crippen LogP contribution >= 0.6 is 0 Å². The standard InChI is InChI=1S/C18H23FN4O4/c1-10-4-5-13(19)12(8-10)11(2)20-16-21-17(24)23(18(25)22-16)14-6-7-27-9-15(14)26-3/h4-5,8,11,14-15H,6-7,9H2,1-3H3,(H2,20,21,22,24,25)/t11-,14-,15-/m0/s1. The summed E-state index contributed by atoms with van der Waals surface area (Å²) in [5.41, 5.74) is 0.0447. The fourth-order valence-electron chi connectivity index (χ4n) is 3.29. The zero-order valence-corrected chi connectivity index (χ0v) is 15.5. The number of H-pyrrole nitrogens is 1. The highest BCUT2D eigenvalue weighted by atomic mass is 19.1. The molecule has 2 heterocycles. The summed E-state index contributed by atoms with van der Waals surface area (Å²) in [6, 6.07) is 3.82. The molecule has 27 heavy (non-hydrogen) atoms. The molecular weight excluding hydrogens is 355 g/mol. The second-order valence-corrected chi connectivity index (χ2v) is 6.64. The van der Waals surface area contributed by atoms with Crippen molar-refractivity contribution < 1.29 is 13.9 Å². The second-order valence-electron chi connectivity index (χ2n) is 6.64. The number of anilines is 1. The molecule has 1 aromatic heterocycles. The van der Waals surface area contributed by atoms with E-state index in [1.807, 2.05) is 6.92 Å². The maximum absolute atomic E-state index is 14.0. The van der Waals surface area contributed by atoms with Crippen LogP contribution in [-0.4, -0.2) is 41.0 Å². The van der Waals surface area contributed by atoms with E-state index in [1.54, 1.807) is 19.1 Å². The number of nitrogens with zero attached hydrogens (tertiary/aromatic N) is 2. The summed E-state index contributed by atoms with van der Waals surface area (Å²) < 4.78 is 25.8. The molecule has 1 fully saturated rings. The van der Waals surface area contributed by atoms with Gasteiger partial charge in [-0.3, -0.25) is 4.98 Å². The molecule has 0 spiro atoms. The van der Waals surface area contributed by atoms with Crippen LogP contribution < -0.4 is 16.7 Å². The van der Waals surface area contributed by atoms with Crippen LogP contribution in [-0.2, 0) is 9.47 Å². The maximum atomic E-state index is 14.0. The number of hydrogen-bond donors (Lipinski definition) is 2. The van der Waals surface area contributed by atoms with E-state index in [2.05, 4.69) is 15.3 Å². The van der Waals surface area contributed by atoms with E-state index < -0.39 is 29.6 Å². The molecule has 0 amide bonds. The van der Waals surface area contributed by atoms with E-state index in [0.29, 0.717) is 25.2 Å². The lowest BCUT2D eigenvalue weighted by Crippen LogP contribution is -2.47. The number of hydrogen-bond acceptors (Lipinski definition) is 6. The van der Waals surface area contributed by atoms with E-state index in [-0.39, 0.29) is 11.8 Å². The van der Waals surface area contributed by atoms with Gasteiger partial charge in [0.25, 0.3) is 0 Å². The van der Waals surface area contributed by atoms with E-state index in [9.17, 15) is 14.0 Å². The Morgan fingerprint density at radius 3 is 2.93 bits per heavy atom. The normalized spacial score (nSPS) is 21.0. The Balaban J connectivity index is 1.87. The van der Waals surface area contributed by atoms with Crippen molar-refractivity contribution in [3.8, 4) is 0 Å². The summed E-state index contributed by atoms with van der Waals surface area (Å²) in [6.45, 7) is 4.32. The van der Waals surface area contributed by atoms with Crippen LogP contribution in [0.3, 0.4) is 0 Å². The lowest BCUT2D eigenvalue weighted by molar-refractivity contribution is -0.0622. The predicted molar refractivity (Wildman–Crippen MR) is 97.6 cm³/mol. The van der Waals surface area contributed by atoms with Gasteiger partial charge < -0.3 is 14.8 Å². The van der Waals surface area contributed by atoms with E-state index in [0.717, 1.165) is 10.1 Å². The van der Waals surface area contributed by atoms with Crippen molar-refractivity contribution in [3.63, 3.8) is 0 Å². The number of rotatable bonds is 5. The summed E-state index contributed by atoms with van der Waals surface area (Å²) in [5, 5.41) is 2.89. The molecule has 1 aromatic carbocycles. The van der Waals surface area contributed by atoms with Gasteiger partial charge in [-0.2, -0.15) is 4.98 Å². The van der Waals surface area contributed by atoms with Crippen molar-refractivity contribution in [1.29, 1.82) is 0 Å². The number of aromatic amines is 1. The van der Waals surface area contributed by atoms with Crippen LogP contribution in [0, 0.1) is 12.7 Å². The smallest absolute Gasteiger partial charge is 0.355 e. The highest BCUT2D eigenvalue weighted by Gasteiger charge is 2.30. The van der Waals surface area contributed by atoms with Gasteiger partial charge in [-0.05, 0) is 26.3 Å². The fourth-order valence-corrected chi connectivity index (χ4v) is 3.29. The average molecular weight is 378 g/mol. The number of aryl methyl sites for hydroxylation is 1. The minimum absolute atomic E-state index is 0.00400. The van der Waals surface area contributed by atoms with Gasteiger partial charge in [-0.1, -0.05) is 17.7 Å². The lowest BCUT2D eigenvalue weighted by atomic mass is 10.1. The van der Waals surface area contributed by atoms with Gasteiger partial charge in [0.2, 0.25) is 5.95 Å². The molecule has 8 nitrogen and oxygen atoms in total.